The molecule has 6 heteroatoms. The predicted octanol–water partition coefficient (Wildman–Crippen LogP) is -0.902. The summed E-state index contributed by atoms with van der Waals surface area (Å²) in [4.78, 5) is 8.70. The molecular formula is C2H5F3O3. The molecule has 0 amide bonds. The first-order valence-electron chi connectivity index (χ1n) is 1.09. The highest BCUT2D eigenvalue weighted by Crippen LogP contribution is 2.08. The molecule has 3 nitrogen and oxygen atoms in total. The first kappa shape index (κ1) is 15.7. The fourth-order valence-corrected chi connectivity index (χ4v) is 0. The van der Waals surface area contributed by atoms with E-state index in [1.807, 2.05) is 0 Å². The van der Waals surface area contributed by atoms with Crippen LogP contribution in [0.15, 0.2) is 0 Å². The molecule has 0 rings (SSSR count). The van der Waals surface area contributed by atoms with Crippen LogP contribution in [0, 0.1) is 0 Å². The zero-order valence-electron chi connectivity index (χ0n) is 3.62. The molecule has 0 saturated heterocycles. The second-order valence-corrected chi connectivity index (χ2v) is 0.659. The number of carbonyl (C=O) groups is 1. The Kier molecular flexibility index (Phi) is 8.88. The lowest BCUT2D eigenvalue weighted by molar-refractivity contribution is -0.156. The van der Waals surface area contributed by atoms with Gasteiger partial charge in [-0.05, 0) is 0 Å². The number of aldehydes is 1. The Balaban J connectivity index is -0.000000125. The molecule has 0 bridgehead atoms. The summed E-state index contributed by atoms with van der Waals surface area (Å²) >= 11 is 0. The number of carbonyl (C=O) groups excluding carboxylic acids is 1. The van der Waals surface area contributed by atoms with Crippen molar-refractivity contribution >= 4 is 6.29 Å². The third-order valence-corrected chi connectivity index (χ3v) is 0.134. The molecule has 52 valence electrons. The summed E-state index contributed by atoms with van der Waals surface area (Å²) in [7, 11) is 0. The summed E-state index contributed by atoms with van der Waals surface area (Å²) in [6.07, 6.45) is -5.70. The SMILES string of the molecule is O.O.O=CC(F)(F)F. The molecule has 4 N–H and O–H groups in total. The van der Waals surface area contributed by atoms with Gasteiger partial charge in [0, 0.05) is 0 Å². The third-order valence-electron chi connectivity index (χ3n) is 0.134. The van der Waals surface area contributed by atoms with E-state index < -0.39 is 12.5 Å². The summed E-state index contributed by atoms with van der Waals surface area (Å²) < 4.78 is 31.2. The second kappa shape index (κ2) is 4.54. The van der Waals surface area contributed by atoms with Gasteiger partial charge in [-0.3, -0.25) is 4.79 Å². The summed E-state index contributed by atoms with van der Waals surface area (Å²) in [6, 6.07) is 0. The van der Waals surface area contributed by atoms with Crippen molar-refractivity contribution in [2.75, 3.05) is 0 Å². The second-order valence-electron chi connectivity index (χ2n) is 0.659. The van der Waals surface area contributed by atoms with E-state index >= 15 is 0 Å². The van der Waals surface area contributed by atoms with Gasteiger partial charge in [-0.25, -0.2) is 0 Å². The Morgan fingerprint density at radius 2 is 1.25 bits per heavy atom. The summed E-state index contributed by atoms with van der Waals surface area (Å²) in [5.41, 5.74) is 0. The van der Waals surface area contributed by atoms with Crippen LogP contribution in [-0.4, -0.2) is 23.4 Å². The normalized spacial score (nSPS) is 8.38. The molecule has 0 aromatic carbocycles. The van der Waals surface area contributed by atoms with Crippen molar-refractivity contribution in [1.29, 1.82) is 0 Å². The van der Waals surface area contributed by atoms with Crippen LogP contribution < -0.4 is 0 Å². The molecule has 0 aromatic heterocycles. The van der Waals surface area contributed by atoms with Crippen LogP contribution in [0.25, 0.3) is 0 Å². The number of hydrogen-bond acceptors (Lipinski definition) is 1. The van der Waals surface area contributed by atoms with Gasteiger partial charge < -0.3 is 11.0 Å². The quantitative estimate of drug-likeness (QED) is 0.395. The zero-order chi connectivity index (χ0) is 5.21. The monoisotopic (exact) mass is 134 g/mol. The molecule has 0 spiro atoms. The maximum Gasteiger partial charge on any atom is 0.446 e. The summed E-state index contributed by atoms with van der Waals surface area (Å²) in [6.45, 7) is 0. The molecule has 8 heavy (non-hydrogen) atoms. The van der Waals surface area contributed by atoms with Crippen molar-refractivity contribution in [3.8, 4) is 0 Å². The van der Waals surface area contributed by atoms with Crippen molar-refractivity contribution in [2.45, 2.75) is 6.18 Å². The Morgan fingerprint density at radius 1 is 1.12 bits per heavy atom. The summed E-state index contributed by atoms with van der Waals surface area (Å²) in [5, 5.41) is 0. The van der Waals surface area contributed by atoms with Gasteiger partial charge in [-0.2, -0.15) is 13.2 Å². The average molecular weight is 134 g/mol. The molecule has 0 aliphatic rings. The molecule has 0 aliphatic heterocycles. The molecule has 0 aliphatic carbocycles. The lowest BCUT2D eigenvalue weighted by Gasteiger charge is -1.87. The Morgan fingerprint density at radius 3 is 1.25 bits per heavy atom. The van der Waals surface area contributed by atoms with Gasteiger partial charge in [-0.15, -0.1) is 0 Å². The maximum absolute atomic E-state index is 10.4. The summed E-state index contributed by atoms with van der Waals surface area (Å²) in [5.74, 6) is 0. The van der Waals surface area contributed by atoms with E-state index in [2.05, 4.69) is 0 Å². The first-order valence-corrected chi connectivity index (χ1v) is 1.09. The number of alkyl halides is 3. The third kappa shape index (κ3) is 18.2. The van der Waals surface area contributed by atoms with Gasteiger partial charge in [0.05, 0.1) is 0 Å². The molecule has 0 radical (unpaired) electrons. The molecule has 0 aromatic rings. The van der Waals surface area contributed by atoms with E-state index in [-0.39, 0.29) is 11.0 Å². The fraction of sp³-hybridized carbons (Fsp3) is 0.500. The van der Waals surface area contributed by atoms with Crippen molar-refractivity contribution in [2.24, 2.45) is 0 Å². The van der Waals surface area contributed by atoms with E-state index in [0.717, 1.165) is 0 Å². The minimum absolute atomic E-state index is 0. The Labute approximate surface area is 42.7 Å². The highest BCUT2D eigenvalue weighted by Gasteiger charge is 2.24. The fourth-order valence-electron chi connectivity index (χ4n) is 0. The van der Waals surface area contributed by atoms with Crippen LogP contribution in [-0.2, 0) is 4.79 Å². The van der Waals surface area contributed by atoms with Crippen LogP contribution in [0.4, 0.5) is 13.2 Å². The van der Waals surface area contributed by atoms with Crippen molar-refractivity contribution in [3.05, 3.63) is 0 Å². The van der Waals surface area contributed by atoms with Crippen LogP contribution in [0.2, 0.25) is 0 Å². The Bertz CT molecular complexity index is 58.0. The smallest absolute Gasteiger partial charge is 0.412 e. The van der Waals surface area contributed by atoms with Gasteiger partial charge in [-0.1, -0.05) is 0 Å². The van der Waals surface area contributed by atoms with Gasteiger partial charge in [0.1, 0.15) is 0 Å². The van der Waals surface area contributed by atoms with E-state index in [1.165, 1.54) is 0 Å². The van der Waals surface area contributed by atoms with Gasteiger partial charge in [0.2, 0.25) is 6.29 Å². The van der Waals surface area contributed by atoms with Gasteiger partial charge in [0.15, 0.2) is 0 Å². The average Bonchev–Trinajstić information content (AvgIpc) is 1.35. The lowest BCUT2D eigenvalue weighted by Crippen LogP contribution is -2.07. The van der Waals surface area contributed by atoms with E-state index in [4.69, 9.17) is 4.79 Å². The van der Waals surface area contributed by atoms with E-state index in [0.29, 0.717) is 0 Å². The topological polar surface area (TPSA) is 80.1 Å². The molecule has 0 atom stereocenters. The molecular weight excluding hydrogens is 129 g/mol. The molecule has 0 unspecified atom stereocenters. The van der Waals surface area contributed by atoms with Crippen molar-refractivity contribution in [3.63, 3.8) is 0 Å². The molecule has 0 heterocycles. The highest BCUT2D eigenvalue weighted by molar-refractivity contribution is 5.56. The Hall–Kier alpha value is -0.620. The zero-order valence-corrected chi connectivity index (χ0v) is 3.62. The minimum Gasteiger partial charge on any atom is -0.412 e. The largest absolute Gasteiger partial charge is 0.446 e. The van der Waals surface area contributed by atoms with E-state index in [9.17, 15) is 13.2 Å². The predicted molar refractivity (Wildman–Crippen MR) is 19.3 cm³/mol. The van der Waals surface area contributed by atoms with Crippen LogP contribution in [0.5, 0.6) is 0 Å². The lowest BCUT2D eigenvalue weighted by atomic mass is 10.8. The number of rotatable bonds is 0. The van der Waals surface area contributed by atoms with Crippen LogP contribution >= 0.6 is 0 Å². The maximum atomic E-state index is 10.4. The van der Waals surface area contributed by atoms with Crippen LogP contribution in [0.1, 0.15) is 0 Å². The van der Waals surface area contributed by atoms with E-state index in [1.54, 1.807) is 0 Å². The molecule has 0 saturated carbocycles. The standard InChI is InChI=1S/C2HF3O.2H2O/c3-2(4,5)1-6;;/h1H;2*1H2. The van der Waals surface area contributed by atoms with Gasteiger partial charge in [0.25, 0.3) is 0 Å². The first-order chi connectivity index (χ1) is 2.56. The highest BCUT2D eigenvalue weighted by atomic mass is 19.4. The number of halogens is 3. The van der Waals surface area contributed by atoms with Crippen molar-refractivity contribution < 1.29 is 28.9 Å². The van der Waals surface area contributed by atoms with Crippen molar-refractivity contribution in [1.82, 2.24) is 0 Å². The molecule has 0 fully saturated rings. The van der Waals surface area contributed by atoms with Crippen LogP contribution in [0.3, 0.4) is 0 Å². The minimum atomic E-state index is -4.64. The van der Waals surface area contributed by atoms with Gasteiger partial charge >= 0.3 is 6.18 Å². The number of hydrogen-bond donors (Lipinski definition) is 0.